The van der Waals surface area contributed by atoms with Gasteiger partial charge in [0.25, 0.3) is 0 Å². The predicted octanol–water partition coefficient (Wildman–Crippen LogP) is 4.96. The summed E-state index contributed by atoms with van der Waals surface area (Å²) in [7, 11) is 0. The first-order valence-corrected chi connectivity index (χ1v) is 6.69. The van der Waals surface area contributed by atoms with E-state index in [1.165, 1.54) is 30.3 Å². The molecule has 0 amide bonds. The van der Waals surface area contributed by atoms with Crippen molar-refractivity contribution >= 4 is 28.7 Å². The lowest BCUT2D eigenvalue weighted by atomic mass is 10.1. The van der Waals surface area contributed by atoms with Crippen LogP contribution in [0.15, 0.2) is 42.5 Å². The van der Waals surface area contributed by atoms with E-state index in [0.717, 1.165) is 6.07 Å². The van der Waals surface area contributed by atoms with Gasteiger partial charge in [-0.2, -0.15) is 13.2 Å². The molecule has 0 aliphatic carbocycles. The standard InChI is InChI=1S/C15H12F4N2S/c1-9-11(16)6-4-8-12(9)20-14(22)21-13-7-3-2-5-10(13)15(17,18)19/h2-8H,1H3,(H2,20,21,22). The molecule has 2 aromatic rings. The fourth-order valence-electron chi connectivity index (χ4n) is 1.86. The van der Waals surface area contributed by atoms with Crippen molar-refractivity contribution in [2.45, 2.75) is 13.1 Å². The molecular formula is C15H12F4N2S. The van der Waals surface area contributed by atoms with Gasteiger partial charge in [0.1, 0.15) is 5.82 Å². The minimum atomic E-state index is -4.49. The van der Waals surface area contributed by atoms with Gasteiger partial charge in [-0.3, -0.25) is 0 Å². The molecule has 0 saturated heterocycles. The van der Waals surface area contributed by atoms with Gasteiger partial charge >= 0.3 is 6.18 Å². The third-order valence-electron chi connectivity index (χ3n) is 3.00. The Hall–Kier alpha value is -2.15. The second kappa shape index (κ2) is 6.31. The highest BCUT2D eigenvalue weighted by atomic mass is 32.1. The number of alkyl halides is 3. The number of rotatable bonds is 2. The Kier molecular flexibility index (Phi) is 4.65. The van der Waals surface area contributed by atoms with E-state index in [0.29, 0.717) is 11.3 Å². The number of para-hydroxylation sites is 1. The number of hydrogen-bond acceptors (Lipinski definition) is 1. The first-order valence-electron chi connectivity index (χ1n) is 6.28. The highest BCUT2D eigenvalue weighted by Gasteiger charge is 2.33. The topological polar surface area (TPSA) is 24.1 Å². The predicted molar refractivity (Wildman–Crippen MR) is 82.4 cm³/mol. The van der Waals surface area contributed by atoms with Gasteiger partial charge in [0.15, 0.2) is 5.11 Å². The molecule has 0 spiro atoms. The third-order valence-corrected chi connectivity index (χ3v) is 3.20. The van der Waals surface area contributed by atoms with E-state index >= 15 is 0 Å². The summed E-state index contributed by atoms with van der Waals surface area (Å²) in [6.45, 7) is 1.55. The summed E-state index contributed by atoms with van der Waals surface area (Å²) in [5.74, 6) is -0.427. The van der Waals surface area contributed by atoms with Gasteiger partial charge in [-0.1, -0.05) is 18.2 Å². The Bertz CT molecular complexity index is 698. The molecule has 0 atom stereocenters. The van der Waals surface area contributed by atoms with Crippen LogP contribution in [-0.4, -0.2) is 5.11 Å². The summed E-state index contributed by atoms with van der Waals surface area (Å²) in [6, 6.07) is 9.34. The fourth-order valence-corrected chi connectivity index (χ4v) is 2.08. The molecule has 22 heavy (non-hydrogen) atoms. The van der Waals surface area contributed by atoms with Crippen molar-refractivity contribution in [1.82, 2.24) is 0 Å². The van der Waals surface area contributed by atoms with E-state index in [1.807, 2.05) is 0 Å². The van der Waals surface area contributed by atoms with E-state index in [2.05, 4.69) is 10.6 Å². The molecule has 0 radical (unpaired) electrons. The van der Waals surface area contributed by atoms with E-state index in [9.17, 15) is 17.6 Å². The largest absolute Gasteiger partial charge is 0.418 e. The van der Waals surface area contributed by atoms with Gasteiger partial charge in [0.2, 0.25) is 0 Å². The summed E-state index contributed by atoms with van der Waals surface area (Å²) in [4.78, 5) is 0. The molecule has 0 aliphatic heterocycles. The highest BCUT2D eigenvalue weighted by Crippen LogP contribution is 2.34. The summed E-state index contributed by atoms with van der Waals surface area (Å²) in [5.41, 5.74) is -0.269. The summed E-state index contributed by atoms with van der Waals surface area (Å²) in [5, 5.41) is 5.13. The number of anilines is 2. The average molecular weight is 328 g/mol. The maximum absolute atomic E-state index is 13.4. The molecule has 2 aromatic carbocycles. The Morgan fingerprint density at radius 1 is 0.955 bits per heavy atom. The first kappa shape index (κ1) is 16.2. The Morgan fingerprint density at radius 2 is 1.55 bits per heavy atom. The number of hydrogen-bond donors (Lipinski definition) is 2. The van der Waals surface area contributed by atoms with Crippen LogP contribution in [0.25, 0.3) is 0 Å². The second-order valence-corrected chi connectivity index (χ2v) is 4.94. The van der Waals surface area contributed by atoms with Crippen LogP contribution in [0.5, 0.6) is 0 Å². The Labute approximate surface area is 130 Å². The monoisotopic (exact) mass is 328 g/mol. The molecule has 0 aromatic heterocycles. The van der Waals surface area contributed by atoms with Gasteiger partial charge < -0.3 is 10.6 Å². The van der Waals surface area contributed by atoms with Crippen molar-refractivity contribution in [2.24, 2.45) is 0 Å². The molecule has 0 unspecified atom stereocenters. The Balaban J connectivity index is 2.18. The fraction of sp³-hybridized carbons (Fsp3) is 0.133. The van der Waals surface area contributed by atoms with Crippen LogP contribution >= 0.6 is 12.2 Å². The van der Waals surface area contributed by atoms with Crippen LogP contribution in [0.3, 0.4) is 0 Å². The van der Waals surface area contributed by atoms with Crippen LogP contribution < -0.4 is 10.6 Å². The molecular weight excluding hydrogens is 316 g/mol. The van der Waals surface area contributed by atoms with Crippen molar-refractivity contribution in [2.75, 3.05) is 10.6 Å². The number of thiocarbonyl (C=S) groups is 1. The average Bonchev–Trinajstić information content (AvgIpc) is 2.43. The zero-order chi connectivity index (χ0) is 16.3. The molecule has 116 valence electrons. The summed E-state index contributed by atoms with van der Waals surface area (Å²) in [6.07, 6.45) is -4.49. The number of benzene rings is 2. The summed E-state index contributed by atoms with van der Waals surface area (Å²) >= 11 is 4.99. The molecule has 7 heteroatoms. The minimum absolute atomic E-state index is 0.0506. The van der Waals surface area contributed by atoms with E-state index in [4.69, 9.17) is 12.2 Å². The first-order chi connectivity index (χ1) is 10.3. The lowest BCUT2D eigenvalue weighted by Crippen LogP contribution is -2.22. The van der Waals surface area contributed by atoms with E-state index < -0.39 is 17.6 Å². The zero-order valence-electron chi connectivity index (χ0n) is 11.5. The van der Waals surface area contributed by atoms with Gasteiger partial charge in [0, 0.05) is 11.3 Å². The van der Waals surface area contributed by atoms with Crippen molar-refractivity contribution < 1.29 is 17.6 Å². The van der Waals surface area contributed by atoms with E-state index in [1.54, 1.807) is 13.0 Å². The van der Waals surface area contributed by atoms with Crippen molar-refractivity contribution in [1.29, 1.82) is 0 Å². The SMILES string of the molecule is Cc1c(F)cccc1NC(=S)Nc1ccccc1C(F)(F)F. The highest BCUT2D eigenvalue weighted by molar-refractivity contribution is 7.80. The third kappa shape index (κ3) is 3.73. The van der Waals surface area contributed by atoms with Crippen LogP contribution in [0.4, 0.5) is 28.9 Å². The van der Waals surface area contributed by atoms with Gasteiger partial charge in [-0.25, -0.2) is 4.39 Å². The molecule has 2 N–H and O–H groups in total. The van der Waals surface area contributed by atoms with Crippen molar-refractivity contribution in [3.63, 3.8) is 0 Å². The van der Waals surface area contributed by atoms with Crippen LogP contribution in [-0.2, 0) is 6.18 Å². The van der Waals surface area contributed by atoms with Crippen LogP contribution in [0, 0.1) is 12.7 Å². The number of nitrogens with one attached hydrogen (secondary N) is 2. The second-order valence-electron chi connectivity index (χ2n) is 4.53. The minimum Gasteiger partial charge on any atom is -0.332 e. The van der Waals surface area contributed by atoms with E-state index in [-0.39, 0.29) is 10.8 Å². The lowest BCUT2D eigenvalue weighted by molar-refractivity contribution is -0.136. The number of halogens is 4. The van der Waals surface area contributed by atoms with Crippen LogP contribution in [0.2, 0.25) is 0 Å². The zero-order valence-corrected chi connectivity index (χ0v) is 12.3. The molecule has 0 aliphatic rings. The molecule has 0 heterocycles. The maximum atomic E-state index is 13.4. The smallest absolute Gasteiger partial charge is 0.332 e. The Morgan fingerprint density at radius 3 is 2.23 bits per heavy atom. The van der Waals surface area contributed by atoms with Gasteiger partial charge in [-0.05, 0) is 43.4 Å². The molecule has 0 fully saturated rings. The molecule has 2 rings (SSSR count). The maximum Gasteiger partial charge on any atom is 0.418 e. The quantitative estimate of drug-likeness (QED) is 0.602. The normalized spacial score (nSPS) is 11.1. The van der Waals surface area contributed by atoms with Crippen LogP contribution in [0.1, 0.15) is 11.1 Å². The van der Waals surface area contributed by atoms with Gasteiger partial charge in [0.05, 0.1) is 11.3 Å². The van der Waals surface area contributed by atoms with Gasteiger partial charge in [-0.15, -0.1) is 0 Å². The molecule has 0 saturated carbocycles. The molecule has 0 bridgehead atoms. The summed E-state index contributed by atoms with van der Waals surface area (Å²) < 4.78 is 52.1. The molecule has 2 nitrogen and oxygen atoms in total. The van der Waals surface area contributed by atoms with Crippen molar-refractivity contribution in [3.8, 4) is 0 Å². The van der Waals surface area contributed by atoms with Crippen molar-refractivity contribution in [3.05, 3.63) is 59.4 Å². The lowest BCUT2D eigenvalue weighted by Gasteiger charge is -2.16.